The monoisotopic (exact) mass is 218 g/mol. The van der Waals surface area contributed by atoms with Gasteiger partial charge in [-0.25, -0.2) is 0 Å². The van der Waals surface area contributed by atoms with Crippen LogP contribution in [0.1, 0.15) is 16.8 Å². The van der Waals surface area contributed by atoms with E-state index in [2.05, 4.69) is 31.0 Å². The molecule has 0 aliphatic carbocycles. The minimum absolute atomic E-state index is 0.671. The minimum atomic E-state index is 0.671. The minimum Gasteiger partial charge on any atom is -0.494 e. The molecule has 0 saturated carbocycles. The lowest BCUT2D eigenvalue weighted by Gasteiger charge is -2.06. The number of nitrogens with two attached hydrogens (primary N) is 1. The average Bonchev–Trinajstić information content (AvgIpc) is 2.56. The van der Waals surface area contributed by atoms with Crippen LogP contribution in [0.15, 0.2) is 12.1 Å². The van der Waals surface area contributed by atoms with Crippen LogP contribution in [0.3, 0.4) is 0 Å². The highest BCUT2D eigenvalue weighted by molar-refractivity contribution is 5.90. The highest BCUT2D eigenvalue weighted by Gasteiger charge is 2.12. The SMILES string of the molecule is COc1c(C)ccc2c(CCN)c(C)[nH]c12. The maximum atomic E-state index is 5.63. The molecular formula is C13H18N2O. The molecule has 3 nitrogen and oxygen atoms in total. The molecule has 86 valence electrons. The summed E-state index contributed by atoms with van der Waals surface area (Å²) in [5, 5.41) is 1.23. The van der Waals surface area contributed by atoms with Crippen LogP contribution in [0.5, 0.6) is 5.75 Å². The second-order valence-electron chi connectivity index (χ2n) is 4.11. The lowest BCUT2D eigenvalue weighted by atomic mass is 10.1. The van der Waals surface area contributed by atoms with Crippen LogP contribution in [0.4, 0.5) is 0 Å². The zero-order chi connectivity index (χ0) is 11.7. The van der Waals surface area contributed by atoms with Gasteiger partial charge in [-0.3, -0.25) is 0 Å². The lowest BCUT2D eigenvalue weighted by molar-refractivity contribution is 0.416. The second-order valence-corrected chi connectivity index (χ2v) is 4.11. The Hall–Kier alpha value is -1.48. The summed E-state index contributed by atoms with van der Waals surface area (Å²) in [5.41, 5.74) is 10.4. The summed E-state index contributed by atoms with van der Waals surface area (Å²) in [7, 11) is 1.71. The molecular weight excluding hydrogens is 200 g/mol. The fourth-order valence-electron chi connectivity index (χ4n) is 2.26. The van der Waals surface area contributed by atoms with Gasteiger partial charge in [-0.1, -0.05) is 12.1 Å². The molecule has 3 heteroatoms. The normalized spacial score (nSPS) is 11.0. The molecule has 3 N–H and O–H groups in total. The Bertz CT molecular complexity index is 514. The van der Waals surface area contributed by atoms with Gasteiger partial charge in [0.15, 0.2) is 0 Å². The number of methoxy groups -OCH3 is 1. The van der Waals surface area contributed by atoms with E-state index in [9.17, 15) is 0 Å². The van der Waals surface area contributed by atoms with Crippen LogP contribution in [0.25, 0.3) is 10.9 Å². The van der Waals surface area contributed by atoms with E-state index in [1.807, 2.05) is 0 Å². The molecule has 0 radical (unpaired) electrons. The van der Waals surface area contributed by atoms with Gasteiger partial charge >= 0.3 is 0 Å². The van der Waals surface area contributed by atoms with Gasteiger partial charge < -0.3 is 15.5 Å². The van der Waals surface area contributed by atoms with Gasteiger partial charge in [-0.2, -0.15) is 0 Å². The molecule has 0 fully saturated rings. The molecule has 2 rings (SSSR count). The molecule has 0 aliphatic rings. The van der Waals surface area contributed by atoms with Gasteiger partial charge in [0, 0.05) is 11.1 Å². The van der Waals surface area contributed by atoms with Crippen molar-refractivity contribution in [3.05, 3.63) is 29.0 Å². The van der Waals surface area contributed by atoms with Crippen LogP contribution >= 0.6 is 0 Å². The van der Waals surface area contributed by atoms with Gasteiger partial charge in [0.05, 0.1) is 12.6 Å². The molecule has 1 aromatic carbocycles. The number of benzene rings is 1. The number of aromatic nitrogens is 1. The largest absolute Gasteiger partial charge is 0.494 e. The van der Waals surface area contributed by atoms with Crippen molar-refractivity contribution in [2.24, 2.45) is 5.73 Å². The van der Waals surface area contributed by atoms with Gasteiger partial charge in [-0.15, -0.1) is 0 Å². The van der Waals surface area contributed by atoms with Crippen LogP contribution in [0.2, 0.25) is 0 Å². The van der Waals surface area contributed by atoms with Crippen molar-refractivity contribution >= 4 is 10.9 Å². The first kappa shape index (κ1) is 11.0. The smallest absolute Gasteiger partial charge is 0.145 e. The van der Waals surface area contributed by atoms with Crippen molar-refractivity contribution in [1.29, 1.82) is 0 Å². The van der Waals surface area contributed by atoms with E-state index in [1.54, 1.807) is 7.11 Å². The summed E-state index contributed by atoms with van der Waals surface area (Å²) < 4.78 is 5.44. The lowest BCUT2D eigenvalue weighted by Crippen LogP contribution is -2.03. The van der Waals surface area contributed by atoms with Crippen molar-refractivity contribution in [3.8, 4) is 5.75 Å². The topological polar surface area (TPSA) is 51.0 Å². The summed E-state index contributed by atoms with van der Waals surface area (Å²) in [6.07, 6.45) is 0.901. The quantitative estimate of drug-likeness (QED) is 0.830. The highest BCUT2D eigenvalue weighted by atomic mass is 16.5. The van der Waals surface area contributed by atoms with Gasteiger partial charge in [0.1, 0.15) is 5.75 Å². The Morgan fingerprint density at radius 1 is 1.31 bits per heavy atom. The second kappa shape index (κ2) is 4.18. The number of H-pyrrole nitrogens is 1. The van der Waals surface area contributed by atoms with Crippen molar-refractivity contribution < 1.29 is 4.74 Å². The van der Waals surface area contributed by atoms with Crippen LogP contribution in [0, 0.1) is 13.8 Å². The zero-order valence-corrected chi connectivity index (χ0v) is 10.1. The first-order valence-electron chi connectivity index (χ1n) is 5.53. The molecule has 0 saturated heterocycles. The first-order chi connectivity index (χ1) is 7.69. The van der Waals surface area contributed by atoms with E-state index in [0.29, 0.717) is 6.54 Å². The van der Waals surface area contributed by atoms with E-state index < -0.39 is 0 Å². The summed E-state index contributed by atoms with van der Waals surface area (Å²) >= 11 is 0. The Morgan fingerprint density at radius 3 is 2.69 bits per heavy atom. The van der Waals surface area contributed by atoms with E-state index in [4.69, 9.17) is 10.5 Å². The summed E-state index contributed by atoms with van der Waals surface area (Å²) in [6, 6.07) is 4.23. The maximum absolute atomic E-state index is 5.63. The predicted molar refractivity (Wildman–Crippen MR) is 67.1 cm³/mol. The Balaban J connectivity index is 2.72. The molecule has 0 atom stereocenters. The van der Waals surface area contributed by atoms with E-state index >= 15 is 0 Å². The number of ether oxygens (including phenoxy) is 1. The summed E-state index contributed by atoms with van der Waals surface area (Å²) in [4.78, 5) is 3.39. The number of fused-ring (bicyclic) bond motifs is 1. The summed E-state index contributed by atoms with van der Waals surface area (Å²) in [5.74, 6) is 0.934. The molecule has 0 bridgehead atoms. The third kappa shape index (κ3) is 1.57. The van der Waals surface area contributed by atoms with Crippen molar-refractivity contribution in [2.45, 2.75) is 20.3 Å². The molecule has 2 aromatic rings. The number of hydrogen-bond acceptors (Lipinski definition) is 2. The first-order valence-corrected chi connectivity index (χ1v) is 5.53. The predicted octanol–water partition coefficient (Wildman–Crippen LogP) is 2.29. The zero-order valence-electron chi connectivity index (χ0n) is 10.1. The number of aryl methyl sites for hydroxylation is 2. The van der Waals surface area contributed by atoms with Gasteiger partial charge in [-0.05, 0) is 37.9 Å². The summed E-state index contributed by atoms with van der Waals surface area (Å²) in [6.45, 7) is 4.81. The molecule has 0 amide bonds. The van der Waals surface area contributed by atoms with Crippen molar-refractivity contribution in [2.75, 3.05) is 13.7 Å². The van der Waals surface area contributed by atoms with E-state index in [-0.39, 0.29) is 0 Å². The standard InChI is InChI=1S/C13H18N2O/c1-8-4-5-11-10(6-7-14)9(2)15-12(11)13(8)16-3/h4-5,15H,6-7,14H2,1-3H3. The number of aromatic amines is 1. The van der Waals surface area contributed by atoms with E-state index in [0.717, 1.165) is 23.3 Å². The van der Waals surface area contributed by atoms with Crippen LogP contribution in [-0.4, -0.2) is 18.6 Å². The van der Waals surface area contributed by atoms with E-state index in [1.165, 1.54) is 16.6 Å². The molecule has 1 aromatic heterocycles. The molecule has 0 spiro atoms. The number of nitrogens with one attached hydrogen (secondary N) is 1. The Morgan fingerprint density at radius 2 is 2.06 bits per heavy atom. The third-order valence-corrected chi connectivity index (χ3v) is 3.04. The van der Waals surface area contributed by atoms with Crippen LogP contribution < -0.4 is 10.5 Å². The van der Waals surface area contributed by atoms with Crippen molar-refractivity contribution in [1.82, 2.24) is 4.98 Å². The Labute approximate surface area is 95.6 Å². The number of rotatable bonds is 3. The van der Waals surface area contributed by atoms with Crippen LogP contribution in [-0.2, 0) is 6.42 Å². The fourth-order valence-corrected chi connectivity index (χ4v) is 2.26. The number of hydrogen-bond donors (Lipinski definition) is 2. The highest BCUT2D eigenvalue weighted by Crippen LogP contribution is 2.32. The Kier molecular flexibility index (Phi) is 2.88. The third-order valence-electron chi connectivity index (χ3n) is 3.04. The molecule has 1 heterocycles. The van der Waals surface area contributed by atoms with Crippen molar-refractivity contribution in [3.63, 3.8) is 0 Å². The molecule has 0 unspecified atom stereocenters. The molecule has 16 heavy (non-hydrogen) atoms. The fraction of sp³-hybridized carbons (Fsp3) is 0.385. The van der Waals surface area contributed by atoms with Gasteiger partial charge in [0.25, 0.3) is 0 Å². The maximum Gasteiger partial charge on any atom is 0.145 e. The van der Waals surface area contributed by atoms with Gasteiger partial charge in [0.2, 0.25) is 0 Å². The average molecular weight is 218 g/mol. The molecule has 0 aliphatic heterocycles.